The molecular weight excluding hydrogens is 410 g/mol. The third kappa shape index (κ3) is 3.73. The molecule has 0 radical (unpaired) electrons. The highest BCUT2D eigenvalue weighted by atomic mass is 32.2. The van der Waals surface area contributed by atoms with E-state index in [9.17, 15) is 18.3 Å². The van der Waals surface area contributed by atoms with Crippen molar-refractivity contribution in [2.45, 2.75) is 43.9 Å². The lowest BCUT2D eigenvalue weighted by Gasteiger charge is -2.22. The van der Waals surface area contributed by atoms with Gasteiger partial charge in [-0.2, -0.15) is 15.3 Å². The van der Waals surface area contributed by atoms with Crippen LogP contribution >= 0.6 is 0 Å². The van der Waals surface area contributed by atoms with Gasteiger partial charge < -0.3 is 10.4 Å². The van der Waals surface area contributed by atoms with Crippen molar-refractivity contribution in [1.29, 1.82) is 5.26 Å². The van der Waals surface area contributed by atoms with Gasteiger partial charge in [0.25, 0.3) is 5.91 Å². The summed E-state index contributed by atoms with van der Waals surface area (Å²) in [6.07, 6.45) is 5.87. The Kier molecular flexibility index (Phi) is 4.95. The molecular formula is C18H21N7O4S. The van der Waals surface area contributed by atoms with Crippen LogP contribution < -0.4 is 10.2 Å². The third-order valence-electron chi connectivity index (χ3n) is 5.43. The second kappa shape index (κ2) is 7.33. The highest BCUT2D eigenvalue weighted by molar-refractivity contribution is 7.91. The molecule has 0 aliphatic carbocycles. The molecule has 0 unspecified atom stereocenters. The van der Waals surface area contributed by atoms with Crippen LogP contribution in [0.25, 0.3) is 0 Å². The summed E-state index contributed by atoms with van der Waals surface area (Å²) in [5.41, 5.74) is -1.43. The summed E-state index contributed by atoms with van der Waals surface area (Å²) in [6.45, 7) is 1.73. The summed E-state index contributed by atoms with van der Waals surface area (Å²) in [5.74, 6) is 0.111. The summed E-state index contributed by atoms with van der Waals surface area (Å²) >= 11 is 0. The monoisotopic (exact) mass is 431 g/mol. The summed E-state index contributed by atoms with van der Waals surface area (Å²) in [6, 6.07) is 2.83. The maximum absolute atomic E-state index is 12.5. The van der Waals surface area contributed by atoms with Gasteiger partial charge in [0, 0.05) is 24.9 Å². The molecule has 12 heteroatoms. The smallest absolute Gasteiger partial charge is 0.275 e. The normalized spacial score (nSPS) is 26.5. The fraction of sp³-hybridized carbons (Fsp3) is 0.500. The number of nitriles is 1. The lowest BCUT2D eigenvalue weighted by molar-refractivity contribution is -0.128. The van der Waals surface area contributed by atoms with Crippen molar-refractivity contribution in [1.82, 2.24) is 19.7 Å². The number of carbonyl (C=O) groups is 1. The largest absolute Gasteiger partial charge is 0.368 e. The molecule has 11 nitrogen and oxygen atoms in total. The number of sulfone groups is 1. The Morgan fingerprint density at radius 1 is 1.37 bits per heavy atom. The molecule has 2 aliphatic heterocycles. The molecule has 2 aromatic heterocycles. The Morgan fingerprint density at radius 3 is 2.77 bits per heavy atom. The second-order valence-corrected chi connectivity index (χ2v) is 9.96. The lowest BCUT2D eigenvalue weighted by Crippen LogP contribution is -2.40. The van der Waals surface area contributed by atoms with Crippen LogP contribution in [-0.4, -0.2) is 62.3 Å². The quantitative estimate of drug-likeness (QED) is 0.660. The average molecular weight is 431 g/mol. The van der Waals surface area contributed by atoms with Crippen LogP contribution in [0.3, 0.4) is 0 Å². The molecule has 2 N–H and O–H groups in total. The number of nitrogens with one attached hydrogen (secondary N) is 1. The highest BCUT2D eigenvalue weighted by Crippen LogP contribution is 2.32. The first kappa shape index (κ1) is 20.2. The molecule has 30 heavy (non-hydrogen) atoms. The van der Waals surface area contributed by atoms with Gasteiger partial charge in [-0.1, -0.05) is 0 Å². The maximum atomic E-state index is 12.5. The van der Waals surface area contributed by atoms with Crippen LogP contribution in [0.2, 0.25) is 0 Å². The van der Waals surface area contributed by atoms with E-state index >= 15 is 0 Å². The number of aromatic nitrogens is 4. The van der Waals surface area contributed by atoms with Crippen molar-refractivity contribution in [2.24, 2.45) is 0 Å². The lowest BCUT2D eigenvalue weighted by atomic mass is 10.0. The number of nitrogens with zero attached hydrogens (tertiary/aromatic N) is 6. The summed E-state index contributed by atoms with van der Waals surface area (Å²) in [4.78, 5) is 22.3. The van der Waals surface area contributed by atoms with E-state index in [1.54, 1.807) is 30.1 Å². The van der Waals surface area contributed by atoms with E-state index in [4.69, 9.17) is 5.26 Å². The molecule has 1 amide bonds. The molecule has 4 rings (SSSR count). The van der Waals surface area contributed by atoms with Crippen molar-refractivity contribution in [3.63, 3.8) is 0 Å². The van der Waals surface area contributed by atoms with Gasteiger partial charge in [0.05, 0.1) is 29.4 Å². The van der Waals surface area contributed by atoms with Gasteiger partial charge in [0.2, 0.25) is 11.5 Å². The van der Waals surface area contributed by atoms with Gasteiger partial charge in [0.15, 0.2) is 0 Å². The summed E-state index contributed by atoms with van der Waals surface area (Å²) in [7, 11) is -2.94. The van der Waals surface area contributed by atoms with Crippen molar-refractivity contribution in [3.05, 3.63) is 24.7 Å². The van der Waals surface area contributed by atoms with Crippen LogP contribution in [0.1, 0.15) is 32.2 Å². The SMILES string of the molecule is C[C@@H]1C[C@](O)(C#N)C(=O)N1c1ccnc(Nc2cnn(C3CCS(=O)(=O)CC3)c2)n1. The van der Waals surface area contributed by atoms with E-state index in [0.717, 1.165) is 0 Å². The molecule has 2 fully saturated rings. The zero-order valence-corrected chi connectivity index (χ0v) is 17.1. The molecule has 158 valence electrons. The number of anilines is 3. The Bertz CT molecular complexity index is 1110. The third-order valence-corrected chi connectivity index (χ3v) is 7.15. The van der Waals surface area contributed by atoms with E-state index in [1.807, 2.05) is 0 Å². The molecule has 2 aromatic rings. The maximum Gasteiger partial charge on any atom is 0.275 e. The van der Waals surface area contributed by atoms with E-state index in [0.29, 0.717) is 18.5 Å². The van der Waals surface area contributed by atoms with E-state index < -0.39 is 27.4 Å². The number of hydrogen-bond acceptors (Lipinski definition) is 9. The van der Waals surface area contributed by atoms with Crippen molar-refractivity contribution in [2.75, 3.05) is 21.7 Å². The van der Waals surface area contributed by atoms with Crippen LogP contribution in [0.5, 0.6) is 0 Å². The number of amides is 1. The van der Waals surface area contributed by atoms with Gasteiger partial charge in [-0.05, 0) is 25.8 Å². The van der Waals surface area contributed by atoms with E-state index in [2.05, 4.69) is 20.4 Å². The molecule has 2 atom stereocenters. The van der Waals surface area contributed by atoms with Crippen molar-refractivity contribution in [3.8, 4) is 6.07 Å². The molecule has 0 bridgehead atoms. The Labute approximate surface area is 173 Å². The Hall–Kier alpha value is -3.04. The average Bonchev–Trinajstić information content (AvgIpc) is 3.25. The van der Waals surface area contributed by atoms with Crippen molar-refractivity contribution >= 4 is 33.2 Å². The minimum absolute atomic E-state index is 0.00101. The van der Waals surface area contributed by atoms with E-state index in [-0.39, 0.29) is 35.7 Å². The molecule has 0 aromatic carbocycles. The van der Waals surface area contributed by atoms with Crippen LogP contribution in [0, 0.1) is 11.3 Å². The van der Waals surface area contributed by atoms with Crippen molar-refractivity contribution < 1.29 is 18.3 Å². The van der Waals surface area contributed by atoms with Gasteiger partial charge in [0.1, 0.15) is 21.7 Å². The van der Waals surface area contributed by atoms with Gasteiger partial charge in [-0.3, -0.25) is 14.4 Å². The minimum atomic E-state index is -2.94. The molecule has 0 saturated carbocycles. The second-order valence-electron chi connectivity index (χ2n) is 7.66. The first-order valence-electron chi connectivity index (χ1n) is 9.53. The molecule has 2 aliphatic rings. The number of hydrogen-bond donors (Lipinski definition) is 2. The van der Waals surface area contributed by atoms with Gasteiger partial charge in [-0.25, -0.2) is 13.4 Å². The number of aliphatic hydroxyl groups is 1. The number of rotatable bonds is 4. The minimum Gasteiger partial charge on any atom is -0.368 e. The highest BCUT2D eigenvalue weighted by Gasteiger charge is 2.50. The fourth-order valence-corrected chi connectivity index (χ4v) is 5.31. The first-order valence-corrected chi connectivity index (χ1v) is 11.3. The molecule has 0 spiro atoms. The topological polar surface area (TPSA) is 154 Å². The summed E-state index contributed by atoms with van der Waals surface area (Å²) in [5, 5.41) is 26.6. The predicted octanol–water partition coefficient (Wildman–Crippen LogP) is 0.546. The summed E-state index contributed by atoms with van der Waals surface area (Å²) < 4.78 is 24.9. The van der Waals surface area contributed by atoms with Crippen LogP contribution in [0.15, 0.2) is 24.7 Å². The van der Waals surface area contributed by atoms with Crippen LogP contribution in [0.4, 0.5) is 17.5 Å². The molecule has 2 saturated heterocycles. The van der Waals surface area contributed by atoms with E-state index in [1.165, 1.54) is 17.2 Å². The number of carbonyl (C=O) groups excluding carboxylic acids is 1. The van der Waals surface area contributed by atoms with Gasteiger partial charge >= 0.3 is 0 Å². The zero-order valence-electron chi connectivity index (χ0n) is 16.3. The fourth-order valence-electron chi connectivity index (χ4n) is 3.85. The first-order chi connectivity index (χ1) is 14.2. The Morgan fingerprint density at radius 2 is 2.10 bits per heavy atom. The van der Waals surface area contributed by atoms with Crippen LogP contribution in [-0.2, 0) is 14.6 Å². The molecule has 4 heterocycles. The zero-order chi connectivity index (χ0) is 21.5. The standard InChI is InChI=1S/C18H21N7O4S/c1-12-8-18(27,11-19)16(26)25(12)15-2-5-20-17(23-15)22-13-9-21-24(10-13)14-3-6-30(28,29)7-4-14/h2,5,9-10,12,14,27H,3-4,6-8H2,1H3,(H,20,22,23)/t12-,18+/m1/s1. The van der Waals surface area contributed by atoms with Gasteiger partial charge in [-0.15, -0.1) is 0 Å². The predicted molar refractivity (Wildman–Crippen MR) is 107 cm³/mol. The Balaban J connectivity index is 1.49.